The largest absolute Gasteiger partial charge is 0.481 e. The zero-order valence-electron chi connectivity index (χ0n) is 10.9. The topological polar surface area (TPSA) is 49.7 Å². The van der Waals surface area contributed by atoms with Crippen LogP contribution in [-0.2, 0) is 4.79 Å². The van der Waals surface area contributed by atoms with Crippen LogP contribution in [0.5, 0.6) is 0 Å². The van der Waals surface area contributed by atoms with Gasteiger partial charge in [-0.25, -0.2) is 0 Å². The fraction of sp³-hybridized carbons (Fsp3) is 0.250. The van der Waals surface area contributed by atoms with Gasteiger partial charge in [0.1, 0.15) is 0 Å². The molecule has 1 aliphatic rings. The van der Waals surface area contributed by atoms with Gasteiger partial charge >= 0.3 is 5.97 Å². The summed E-state index contributed by atoms with van der Waals surface area (Å²) in [4.78, 5) is 15.5. The van der Waals surface area contributed by atoms with E-state index in [9.17, 15) is 4.79 Å². The highest BCUT2D eigenvalue weighted by Crippen LogP contribution is 2.27. The van der Waals surface area contributed by atoms with E-state index in [0.29, 0.717) is 12.8 Å². The number of carboxylic acids is 1. The highest BCUT2D eigenvalue weighted by molar-refractivity contribution is 5.84. The maximum absolute atomic E-state index is 11.1. The van der Waals surface area contributed by atoms with Crippen molar-refractivity contribution in [3.05, 3.63) is 53.6 Å². The molecule has 1 atom stereocenters. The minimum atomic E-state index is -0.738. The van der Waals surface area contributed by atoms with Crippen LogP contribution in [0.15, 0.2) is 58.6 Å². The van der Waals surface area contributed by atoms with Crippen LogP contribution in [0.1, 0.15) is 19.8 Å². The maximum Gasteiger partial charge on any atom is 0.307 e. The number of carboxylic acid groups (broad SMARTS) is 1. The first kappa shape index (κ1) is 13.3. The van der Waals surface area contributed by atoms with E-state index in [2.05, 4.69) is 4.99 Å². The molecule has 3 heteroatoms. The predicted octanol–water partition coefficient (Wildman–Crippen LogP) is 3.76. The van der Waals surface area contributed by atoms with E-state index in [1.165, 1.54) is 0 Å². The molecule has 0 saturated carbocycles. The minimum Gasteiger partial charge on any atom is -0.481 e. The van der Waals surface area contributed by atoms with Gasteiger partial charge in [-0.2, -0.15) is 0 Å². The van der Waals surface area contributed by atoms with Crippen molar-refractivity contribution < 1.29 is 9.90 Å². The Kier molecular flexibility index (Phi) is 4.29. The van der Waals surface area contributed by atoms with Crippen LogP contribution in [0.3, 0.4) is 0 Å². The molecule has 0 saturated heterocycles. The number of hydrogen-bond acceptors (Lipinski definition) is 2. The fourth-order valence-corrected chi connectivity index (χ4v) is 2.13. The highest BCUT2D eigenvalue weighted by atomic mass is 16.4. The van der Waals surface area contributed by atoms with E-state index in [1.807, 2.05) is 49.4 Å². The van der Waals surface area contributed by atoms with E-state index < -0.39 is 5.97 Å². The third-order valence-electron chi connectivity index (χ3n) is 3.19. The van der Waals surface area contributed by atoms with Gasteiger partial charge in [-0.15, -0.1) is 0 Å². The molecule has 0 spiro atoms. The molecule has 1 aromatic rings. The molecular weight excluding hydrogens is 238 g/mol. The highest BCUT2D eigenvalue weighted by Gasteiger charge is 2.23. The standard InChI is InChI=1S/C16H17NO2/c1-2-12-8-13(10-14(9-12)16(18)19)11-17-15-6-4-3-5-7-15/h2-8,11,14H,9-10H2,1H3,(H,18,19)/b12-2-,17-11-. The smallest absolute Gasteiger partial charge is 0.307 e. The number of benzene rings is 1. The predicted molar refractivity (Wildman–Crippen MR) is 76.8 cm³/mol. The second-order valence-electron chi connectivity index (χ2n) is 4.62. The number of aliphatic carboxylic acids is 1. The van der Waals surface area contributed by atoms with Crippen LogP contribution in [0.2, 0.25) is 0 Å². The van der Waals surface area contributed by atoms with Gasteiger partial charge in [0.25, 0.3) is 0 Å². The summed E-state index contributed by atoms with van der Waals surface area (Å²) in [7, 11) is 0. The third-order valence-corrected chi connectivity index (χ3v) is 3.19. The van der Waals surface area contributed by atoms with Gasteiger partial charge in [0.15, 0.2) is 0 Å². The van der Waals surface area contributed by atoms with Crippen molar-refractivity contribution in [2.75, 3.05) is 0 Å². The van der Waals surface area contributed by atoms with E-state index in [0.717, 1.165) is 16.8 Å². The summed E-state index contributed by atoms with van der Waals surface area (Å²) in [5, 5.41) is 9.16. The lowest BCUT2D eigenvalue weighted by atomic mass is 9.86. The Bertz CT molecular complexity index is 541. The summed E-state index contributed by atoms with van der Waals surface area (Å²) in [6, 6.07) is 9.65. The molecule has 2 rings (SSSR count). The Balaban J connectivity index is 2.17. The molecule has 1 aliphatic carbocycles. The van der Waals surface area contributed by atoms with Gasteiger partial charge < -0.3 is 5.11 Å². The molecule has 0 radical (unpaired) electrons. The lowest BCUT2D eigenvalue weighted by Gasteiger charge is -2.19. The van der Waals surface area contributed by atoms with Gasteiger partial charge in [0.05, 0.1) is 11.6 Å². The first-order chi connectivity index (χ1) is 9.19. The molecular formula is C16H17NO2. The molecule has 1 N–H and O–H groups in total. The molecule has 0 amide bonds. The van der Waals surface area contributed by atoms with Crippen molar-refractivity contribution in [3.63, 3.8) is 0 Å². The molecule has 1 unspecified atom stereocenters. The van der Waals surface area contributed by atoms with E-state index in [4.69, 9.17) is 5.11 Å². The molecule has 0 bridgehead atoms. The summed E-state index contributed by atoms with van der Waals surface area (Å²) in [6.07, 6.45) is 6.92. The average molecular weight is 255 g/mol. The molecule has 3 nitrogen and oxygen atoms in total. The molecule has 0 aliphatic heterocycles. The van der Waals surface area contributed by atoms with Crippen LogP contribution >= 0.6 is 0 Å². The van der Waals surface area contributed by atoms with Gasteiger partial charge in [-0.1, -0.05) is 35.9 Å². The van der Waals surface area contributed by atoms with Crippen LogP contribution in [0, 0.1) is 5.92 Å². The van der Waals surface area contributed by atoms with Gasteiger partial charge in [0, 0.05) is 6.21 Å². The number of nitrogens with zero attached hydrogens (tertiary/aromatic N) is 1. The second-order valence-corrected chi connectivity index (χ2v) is 4.62. The van der Waals surface area contributed by atoms with Crippen LogP contribution in [0.25, 0.3) is 0 Å². The quantitative estimate of drug-likeness (QED) is 0.836. The van der Waals surface area contributed by atoms with Crippen molar-refractivity contribution in [1.29, 1.82) is 0 Å². The Morgan fingerprint density at radius 2 is 2.05 bits per heavy atom. The monoisotopic (exact) mass is 255 g/mol. The fourth-order valence-electron chi connectivity index (χ4n) is 2.13. The van der Waals surface area contributed by atoms with E-state index in [-0.39, 0.29) is 5.92 Å². The number of carbonyl (C=O) groups is 1. The van der Waals surface area contributed by atoms with Gasteiger partial charge in [-0.05, 0) is 37.5 Å². The summed E-state index contributed by atoms with van der Waals surface area (Å²) in [6.45, 7) is 1.93. The SMILES string of the molecule is C/C=C1C=C(/C=N\c2ccccc2)CC(C(=O)O)C/1. The van der Waals surface area contributed by atoms with E-state index in [1.54, 1.807) is 6.21 Å². The lowest BCUT2D eigenvalue weighted by Crippen LogP contribution is -2.18. The van der Waals surface area contributed by atoms with E-state index >= 15 is 0 Å². The number of aliphatic imine (C=N–C) groups is 1. The zero-order valence-corrected chi connectivity index (χ0v) is 10.9. The van der Waals surface area contributed by atoms with Crippen LogP contribution < -0.4 is 0 Å². The van der Waals surface area contributed by atoms with Crippen molar-refractivity contribution in [2.45, 2.75) is 19.8 Å². The van der Waals surface area contributed by atoms with Gasteiger partial charge in [-0.3, -0.25) is 9.79 Å². The summed E-state index contributed by atoms with van der Waals surface area (Å²) in [5.41, 5.74) is 2.91. The number of allylic oxidation sites excluding steroid dienone is 4. The summed E-state index contributed by atoms with van der Waals surface area (Å²) >= 11 is 0. The Hall–Kier alpha value is -2.16. The maximum atomic E-state index is 11.1. The minimum absolute atomic E-state index is 0.339. The zero-order chi connectivity index (χ0) is 13.7. The number of rotatable bonds is 3. The molecule has 0 heterocycles. The Morgan fingerprint density at radius 3 is 2.68 bits per heavy atom. The molecule has 0 fully saturated rings. The number of hydrogen-bond donors (Lipinski definition) is 1. The summed E-state index contributed by atoms with van der Waals surface area (Å²) in [5.74, 6) is -1.08. The molecule has 0 aromatic heterocycles. The molecule has 19 heavy (non-hydrogen) atoms. The Morgan fingerprint density at radius 1 is 1.32 bits per heavy atom. The van der Waals surface area contributed by atoms with Crippen molar-refractivity contribution in [2.24, 2.45) is 10.9 Å². The van der Waals surface area contributed by atoms with Crippen LogP contribution in [0.4, 0.5) is 5.69 Å². The first-order valence-electron chi connectivity index (χ1n) is 6.36. The van der Waals surface area contributed by atoms with Crippen molar-refractivity contribution >= 4 is 17.9 Å². The second kappa shape index (κ2) is 6.14. The first-order valence-corrected chi connectivity index (χ1v) is 6.36. The van der Waals surface area contributed by atoms with Gasteiger partial charge in [0.2, 0.25) is 0 Å². The lowest BCUT2D eigenvalue weighted by molar-refractivity contribution is -0.141. The summed E-state index contributed by atoms with van der Waals surface area (Å²) < 4.78 is 0. The van der Waals surface area contributed by atoms with Crippen molar-refractivity contribution in [3.8, 4) is 0 Å². The average Bonchev–Trinajstić information content (AvgIpc) is 2.45. The molecule has 98 valence electrons. The van der Waals surface area contributed by atoms with Crippen LogP contribution in [-0.4, -0.2) is 17.3 Å². The Labute approximate surface area is 113 Å². The number of para-hydroxylation sites is 1. The van der Waals surface area contributed by atoms with Crippen molar-refractivity contribution in [1.82, 2.24) is 0 Å². The molecule has 1 aromatic carbocycles. The normalized spacial score (nSPS) is 21.6. The third kappa shape index (κ3) is 3.65.